The van der Waals surface area contributed by atoms with Gasteiger partial charge in [0.2, 0.25) is 0 Å². The Morgan fingerprint density at radius 3 is 2.42 bits per heavy atom. The molecule has 106 valence electrons. The Bertz CT molecular complexity index is 402. The smallest absolute Gasteiger partial charge is 0.122 e. The molecule has 1 aliphatic heterocycles. The molecule has 1 aromatic rings. The molecule has 1 aliphatic rings. The maximum Gasteiger partial charge on any atom is 0.122 e. The summed E-state index contributed by atoms with van der Waals surface area (Å²) in [5, 5.41) is 3.72. The lowest BCUT2D eigenvalue weighted by Gasteiger charge is -2.23. The molecule has 0 saturated heterocycles. The van der Waals surface area contributed by atoms with Crippen molar-refractivity contribution >= 4 is 5.69 Å². The van der Waals surface area contributed by atoms with Crippen molar-refractivity contribution in [2.45, 2.75) is 53.0 Å². The van der Waals surface area contributed by atoms with Crippen LogP contribution >= 0.6 is 0 Å². The number of hydrogen-bond acceptors (Lipinski definition) is 2. The normalized spacial score (nSPS) is 14.1. The summed E-state index contributed by atoms with van der Waals surface area (Å²) in [6, 6.07) is 7.08. The van der Waals surface area contributed by atoms with E-state index in [1.807, 2.05) is 0 Å². The molecule has 0 aromatic heterocycles. The van der Waals surface area contributed by atoms with Gasteiger partial charge >= 0.3 is 0 Å². The van der Waals surface area contributed by atoms with Crippen LogP contribution in [0.1, 0.15) is 46.1 Å². The van der Waals surface area contributed by atoms with Gasteiger partial charge in [0.1, 0.15) is 5.75 Å². The number of hydrogen-bond donors (Lipinski definition) is 1. The number of ether oxygens (including phenoxy) is 1. The average molecular weight is 261 g/mol. The summed E-state index contributed by atoms with van der Waals surface area (Å²) in [5.41, 5.74) is 2.59. The minimum Gasteiger partial charge on any atom is -0.493 e. The lowest BCUT2D eigenvalue weighted by molar-refractivity contribution is 0.357. The summed E-state index contributed by atoms with van der Waals surface area (Å²) in [7, 11) is 0. The second kappa shape index (κ2) is 6.31. The maximum absolute atomic E-state index is 5.56. The highest BCUT2D eigenvalue weighted by Gasteiger charge is 2.15. The van der Waals surface area contributed by atoms with E-state index in [-0.39, 0.29) is 0 Å². The van der Waals surface area contributed by atoms with Crippen molar-refractivity contribution in [2.75, 3.05) is 11.9 Å². The van der Waals surface area contributed by atoms with Crippen LogP contribution in [0.15, 0.2) is 18.2 Å². The topological polar surface area (TPSA) is 21.3 Å². The second-order valence-electron chi connectivity index (χ2n) is 6.52. The molecule has 1 heterocycles. The largest absolute Gasteiger partial charge is 0.493 e. The molecular weight excluding hydrogens is 234 g/mol. The van der Waals surface area contributed by atoms with E-state index in [4.69, 9.17) is 4.74 Å². The van der Waals surface area contributed by atoms with Gasteiger partial charge in [-0.1, -0.05) is 27.7 Å². The Morgan fingerprint density at radius 1 is 1.11 bits per heavy atom. The van der Waals surface area contributed by atoms with Gasteiger partial charge in [-0.3, -0.25) is 0 Å². The summed E-state index contributed by atoms with van der Waals surface area (Å²) in [4.78, 5) is 0. The molecule has 1 aromatic carbocycles. The van der Waals surface area contributed by atoms with Crippen LogP contribution in [0.4, 0.5) is 5.69 Å². The molecule has 0 amide bonds. The molecule has 0 aliphatic carbocycles. The van der Waals surface area contributed by atoms with Gasteiger partial charge in [-0.25, -0.2) is 0 Å². The van der Waals surface area contributed by atoms with Crippen LogP contribution in [0.5, 0.6) is 5.75 Å². The minimum absolute atomic E-state index is 0.570. The standard InChI is InChI=1S/C17H27NO/c1-12(2)9-16(10-13(3)4)18-15-5-6-17-14(11-15)7-8-19-17/h5-6,11-13,16,18H,7-10H2,1-4H3. The Balaban J connectivity index is 2.03. The van der Waals surface area contributed by atoms with Crippen LogP contribution in [0, 0.1) is 11.8 Å². The molecule has 0 unspecified atom stereocenters. The third-order valence-corrected chi connectivity index (χ3v) is 3.57. The van der Waals surface area contributed by atoms with Crippen LogP contribution in [0.2, 0.25) is 0 Å². The van der Waals surface area contributed by atoms with Crippen LogP contribution in [-0.2, 0) is 6.42 Å². The first-order valence-corrected chi connectivity index (χ1v) is 7.57. The summed E-state index contributed by atoms with van der Waals surface area (Å²) in [6.07, 6.45) is 3.50. The molecule has 0 spiro atoms. The number of nitrogens with one attached hydrogen (secondary N) is 1. The van der Waals surface area contributed by atoms with Gasteiger partial charge in [0.25, 0.3) is 0 Å². The van der Waals surface area contributed by atoms with E-state index in [1.165, 1.54) is 24.1 Å². The predicted molar refractivity (Wildman–Crippen MR) is 82.0 cm³/mol. The number of fused-ring (bicyclic) bond motifs is 1. The summed E-state index contributed by atoms with van der Waals surface area (Å²) in [6.45, 7) is 10.0. The Labute approximate surface area is 117 Å². The van der Waals surface area contributed by atoms with Crippen LogP contribution in [-0.4, -0.2) is 12.6 Å². The molecule has 2 heteroatoms. The van der Waals surface area contributed by atoms with Gasteiger partial charge in [-0.05, 0) is 48.4 Å². The molecule has 0 fully saturated rings. The highest BCUT2D eigenvalue weighted by Crippen LogP contribution is 2.29. The highest BCUT2D eigenvalue weighted by molar-refractivity contribution is 5.52. The molecule has 19 heavy (non-hydrogen) atoms. The molecule has 0 bridgehead atoms. The third kappa shape index (κ3) is 4.15. The monoisotopic (exact) mass is 261 g/mol. The number of anilines is 1. The number of benzene rings is 1. The van der Waals surface area contributed by atoms with E-state index in [2.05, 4.69) is 51.2 Å². The van der Waals surface area contributed by atoms with E-state index >= 15 is 0 Å². The fourth-order valence-electron chi connectivity index (χ4n) is 2.86. The molecule has 0 radical (unpaired) electrons. The zero-order chi connectivity index (χ0) is 13.8. The molecular formula is C17H27NO. The van der Waals surface area contributed by atoms with Crippen molar-refractivity contribution in [3.8, 4) is 5.75 Å². The van der Waals surface area contributed by atoms with E-state index in [9.17, 15) is 0 Å². The van der Waals surface area contributed by atoms with Crippen molar-refractivity contribution in [2.24, 2.45) is 11.8 Å². The van der Waals surface area contributed by atoms with E-state index in [0.29, 0.717) is 6.04 Å². The fraction of sp³-hybridized carbons (Fsp3) is 0.647. The van der Waals surface area contributed by atoms with Crippen molar-refractivity contribution < 1.29 is 4.74 Å². The van der Waals surface area contributed by atoms with Gasteiger partial charge in [0.15, 0.2) is 0 Å². The summed E-state index contributed by atoms with van der Waals surface area (Å²) >= 11 is 0. The SMILES string of the molecule is CC(C)CC(CC(C)C)Nc1ccc2c(c1)CCO2. The third-order valence-electron chi connectivity index (χ3n) is 3.57. The second-order valence-corrected chi connectivity index (χ2v) is 6.52. The van der Waals surface area contributed by atoms with Crippen LogP contribution in [0.25, 0.3) is 0 Å². The lowest BCUT2D eigenvalue weighted by Crippen LogP contribution is -2.23. The van der Waals surface area contributed by atoms with Crippen molar-refractivity contribution in [3.05, 3.63) is 23.8 Å². The average Bonchev–Trinajstić information content (AvgIpc) is 2.74. The van der Waals surface area contributed by atoms with Crippen molar-refractivity contribution in [1.82, 2.24) is 0 Å². The van der Waals surface area contributed by atoms with Crippen molar-refractivity contribution in [1.29, 1.82) is 0 Å². The number of rotatable bonds is 6. The molecule has 0 saturated carbocycles. The summed E-state index contributed by atoms with van der Waals surface area (Å²) < 4.78 is 5.56. The zero-order valence-electron chi connectivity index (χ0n) is 12.7. The molecule has 0 atom stereocenters. The first kappa shape index (κ1) is 14.2. The van der Waals surface area contributed by atoms with Gasteiger partial charge in [-0.15, -0.1) is 0 Å². The van der Waals surface area contributed by atoms with E-state index in [1.54, 1.807) is 0 Å². The first-order chi connectivity index (χ1) is 9.04. The molecule has 2 rings (SSSR count). The highest BCUT2D eigenvalue weighted by atomic mass is 16.5. The lowest BCUT2D eigenvalue weighted by atomic mass is 9.95. The van der Waals surface area contributed by atoms with Crippen LogP contribution in [0.3, 0.4) is 0 Å². The van der Waals surface area contributed by atoms with Crippen molar-refractivity contribution in [3.63, 3.8) is 0 Å². The first-order valence-electron chi connectivity index (χ1n) is 7.57. The summed E-state index contributed by atoms with van der Waals surface area (Å²) in [5.74, 6) is 2.53. The van der Waals surface area contributed by atoms with Gasteiger partial charge in [0, 0.05) is 18.2 Å². The molecule has 2 nitrogen and oxygen atoms in total. The maximum atomic E-state index is 5.56. The van der Waals surface area contributed by atoms with E-state index in [0.717, 1.165) is 30.6 Å². The predicted octanol–water partition coefficient (Wildman–Crippen LogP) is 4.49. The minimum atomic E-state index is 0.570. The fourth-order valence-corrected chi connectivity index (χ4v) is 2.86. The van der Waals surface area contributed by atoms with Gasteiger partial charge < -0.3 is 10.1 Å². The quantitative estimate of drug-likeness (QED) is 0.814. The Morgan fingerprint density at radius 2 is 1.79 bits per heavy atom. The van der Waals surface area contributed by atoms with Crippen LogP contribution < -0.4 is 10.1 Å². The zero-order valence-corrected chi connectivity index (χ0v) is 12.7. The Hall–Kier alpha value is -1.18. The Kier molecular flexibility index (Phi) is 4.73. The van der Waals surface area contributed by atoms with Gasteiger partial charge in [0.05, 0.1) is 6.61 Å². The van der Waals surface area contributed by atoms with E-state index < -0.39 is 0 Å². The van der Waals surface area contributed by atoms with Gasteiger partial charge in [-0.2, -0.15) is 0 Å². The molecule has 1 N–H and O–H groups in total.